The Bertz CT molecular complexity index is 571. The molecule has 1 fully saturated rings. The fourth-order valence-corrected chi connectivity index (χ4v) is 2.94. The Balaban J connectivity index is 1.54. The number of rotatable bonds is 2. The van der Waals surface area contributed by atoms with Crippen molar-refractivity contribution in [1.29, 1.82) is 0 Å². The summed E-state index contributed by atoms with van der Waals surface area (Å²) in [7, 11) is 0. The molecule has 0 amide bonds. The fourth-order valence-electron chi connectivity index (χ4n) is 2.94. The minimum absolute atomic E-state index is 0.309. The summed E-state index contributed by atoms with van der Waals surface area (Å²) in [6, 6.07) is 0. The molecule has 1 saturated heterocycles. The van der Waals surface area contributed by atoms with Crippen molar-refractivity contribution in [2.75, 3.05) is 13.2 Å². The number of fused-ring (bicyclic) bond motifs is 1. The molecular weight excluding hydrogens is 244 g/mol. The lowest BCUT2D eigenvalue weighted by Gasteiger charge is -2.17. The zero-order valence-corrected chi connectivity index (χ0v) is 10.6. The van der Waals surface area contributed by atoms with Crippen LogP contribution in [0.3, 0.4) is 0 Å². The van der Waals surface area contributed by atoms with E-state index in [1.165, 1.54) is 11.3 Å². The van der Waals surface area contributed by atoms with Crippen molar-refractivity contribution < 1.29 is 9.26 Å². The van der Waals surface area contributed by atoms with Crippen LogP contribution in [0.5, 0.6) is 0 Å². The van der Waals surface area contributed by atoms with E-state index in [2.05, 4.69) is 20.3 Å². The standard InChI is InChI=1S/C13H16N4O2/c1-2-9-6-14-16-11(9)5-8(1)13-15-12(17-19-13)10-3-4-18-7-10/h6,8,10H,1-5,7H2,(H,14,16)/t8-,10-/m0/s1. The average Bonchev–Trinajstić information content (AvgIpc) is 3.18. The van der Waals surface area contributed by atoms with Crippen LogP contribution in [0.25, 0.3) is 0 Å². The smallest absolute Gasteiger partial charge is 0.230 e. The summed E-state index contributed by atoms with van der Waals surface area (Å²) in [5.74, 6) is 2.20. The van der Waals surface area contributed by atoms with Crippen LogP contribution in [0, 0.1) is 0 Å². The predicted octanol–water partition coefficient (Wildman–Crippen LogP) is 1.57. The quantitative estimate of drug-likeness (QED) is 0.886. The maximum absolute atomic E-state index is 5.46. The number of hydrogen-bond donors (Lipinski definition) is 1. The molecule has 0 spiro atoms. The molecule has 0 unspecified atom stereocenters. The number of aromatic nitrogens is 4. The normalized spacial score (nSPS) is 26.5. The van der Waals surface area contributed by atoms with Crippen LogP contribution < -0.4 is 0 Å². The fraction of sp³-hybridized carbons (Fsp3) is 0.615. The molecule has 2 aromatic heterocycles. The number of aromatic amines is 1. The second kappa shape index (κ2) is 4.45. The molecule has 4 rings (SSSR count). The highest BCUT2D eigenvalue weighted by atomic mass is 16.5. The van der Waals surface area contributed by atoms with Crippen LogP contribution in [0.1, 0.15) is 47.6 Å². The van der Waals surface area contributed by atoms with E-state index >= 15 is 0 Å². The summed E-state index contributed by atoms with van der Waals surface area (Å²) >= 11 is 0. The Morgan fingerprint density at radius 2 is 2.26 bits per heavy atom. The molecule has 19 heavy (non-hydrogen) atoms. The molecule has 0 saturated carbocycles. The number of nitrogens with zero attached hydrogens (tertiary/aromatic N) is 3. The lowest BCUT2D eigenvalue weighted by atomic mass is 9.88. The molecule has 6 heteroatoms. The highest BCUT2D eigenvalue weighted by molar-refractivity contribution is 5.22. The van der Waals surface area contributed by atoms with Gasteiger partial charge in [-0.3, -0.25) is 5.10 Å². The van der Waals surface area contributed by atoms with Gasteiger partial charge in [-0.2, -0.15) is 10.1 Å². The molecule has 1 aliphatic heterocycles. The van der Waals surface area contributed by atoms with Gasteiger partial charge in [0.25, 0.3) is 0 Å². The van der Waals surface area contributed by atoms with E-state index in [0.29, 0.717) is 18.4 Å². The molecule has 1 N–H and O–H groups in total. The van der Waals surface area contributed by atoms with Gasteiger partial charge in [0, 0.05) is 30.6 Å². The van der Waals surface area contributed by atoms with Gasteiger partial charge in [-0.1, -0.05) is 5.16 Å². The summed E-state index contributed by atoms with van der Waals surface area (Å²) in [4.78, 5) is 4.58. The van der Waals surface area contributed by atoms with Crippen molar-refractivity contribution in [3.63, 3.8) is 0 Å². The average molecular weight is 260 g/mol. The van der Waals surface area contributed by atoms with Crippen molar-refractivity contribution in [2.24, 2.45) is 0 Å². The Hall–Kier alpha value is -1.69. The predicted molar refractivity (Wildman–Crippen MR) is 65.8 cm³/mol. The molecule has 2 aromatic rings. The van der Waals surface area contributed by atoms with Crippen molar-refractivity contribution in [3.8, 4) is 0 Å². The van der Waals surface area contributed by atoms with E-state index in [-0.39, 0.29) is 0 Å². The van der Waals surface area contributed by atoms with Gasteiger partial charge in [0.15, 0.2) is 5.82 Å². The lowest BCUT2D eigenvalue weighted by molar-refractivity contribution is 0.192. The lowest BCUT2D eigenvalue weighted by Crippen LogP contribution is -2.12. The summed E-state index contributed by atoms with van der Waals surface area (Å²) in [6.07, 6.45) is 5.91. The molecule has 100 valence electrons. The van der Waals surface area contributed by atoms with E-state index in [0.717, 1.165) is 44.0 Å². The number of hydrogen-bond acceptors (Lipinski definition) is 5. The van der Waals surface area contributed by atoms with Crippen molar-refractivity contribution in [3.05, 3.63) is 29.2 Å². The largest absolute Gasteiger partial charge is 0.381 e. The second-order valence-electron chi connectivity index (χ2n) is 5.36. The number of H-pyrrole nitrogens is 1. The Morgan fingerprint density at radius 1 is 1.26 bits per heavy atom. The maximum atomic E-state index is 5.46. The van der Waals surface area contributed by atoms with Crippen LogP contribution in [-0.4, -0.2) is 33.6 Å². The van der Waals surface area contributed by atoms with Gasteiger partial charge in [-0.25, -0.2) is 0 Å². The monoisotopic (exact) mass is 260 g/mol. The molecule has 3 heterocycles. The molecule has 6 nitrogen and oxygen atoms in total. The summed E-state index contributed by atoms with van der Waals surface area (Å²) in [5.41, 5.74) is 2.53. The molecule has 0 radical (unpaired) electrons. The summed E-state index contributed by atoms with van der Waals surface area (Å²) < 4.78 is 10.8. The molecular formula is C13H16N4O2. The minimum Gasteiger partial charge on any atom is -0.381 e. The Kier molecular flexibility index (Phi) is 2.61. The maximum Gasteiger partial charge on any atom is 0.230 e. The third-order valence-electron chi connectivity index (χ3n) is 4.12. The van der Waals surface area contributed by atoms with Gasteiger partial charge in [-0.05, 0) is 24.8 Å². The van der Waals surface area contributed by atoms with Gasteiger partial charge in [0.1, 0.15) is 0 Å². The van der Waals surface area contributed by atoms with Gasteiger partial charge in [-0.15, -0.1) is 0 Å². The highest BCUT2D eigenvalue weighted by Gasteiger charge is 2.28. The van der Waals surface area contributed by atoms with Crippen molar-refractivity contribution in [1.82, 2.24) is 20.3 Å². The second-order valence-corrected chi connectivity index (χ2v) is 5.36. The first-order valence-corrected chi connectivity index (χ1v) is 6.82. The molecule has 0 aromatic carbocycles. The van der Waals surface area contributed by atoms with E-state index in [1.54, 1.807) is 0 Å². The highest BCUT2D eigenvalue weighted by Crippen LogP contribution is 2.32. The first-order chi connectivity index (χ1) is 9.40. The summed E-state index contributed by atoms with van der Waals surface area (Å²) in [6.45, 7) is 1.52. The number of nitrogens with one attached hydrogen (secondary N) is 1. The van der Waals surface area contributed by atoms with Crippen LogP contribution in [0.15, 0.2) is 10.7 Å². The van der Waals surface area contributed by atoms with E-state index in [1.807, 2.05) is 6.20 Å². The SMILES string of the molecule is c1n[nH]c2c1CC[C@H](c1nc([C@H]3CCOC3)no1)C2. The van der Waals surface area contributed by atoms with Crippen LogP contribution in [0.2, 0.25) is 0 Å². The first kappa shape index (κ1) is 11.2. The molecule has 2 aliphatic rings. The minimum atomic E-state index is 0.309. The van der Waals surface area contributed by atoms with E-state index in [4.69, 9.17) is 9.26 Å². The van der Waals surface area contributed by atoms with Gasteiger partial charge < -0.3 is 9.26 Å². The molecule has 2 atom stereocenters. The molecule has 1 aliphatic carbocycles. The van der Waals surface area contributed by atoms with Gasteiger partial charge in [0.2, 0.25) is 5.89 Å². The van der Waals surface area contributed by atoms with Gasteiger partial charge >= 0.3 is 0 Å². The first-order valence-electron chi connectivity index (χ1n) is 6.82. The Morgan fingerprint density at radius 3 is 3.16 bits per heavy atom. The topological polar surface area (TPSA) is 76.8 Å². The number of ether oxygens (including phenoxy) is 1. The number of aryl methyl sites for hydroxylation is 1. The van der Waals surface area contributed by atoms with Gasteiger partial charge in [0.05, 0.1) is 12.8 Å². The van der Waals surface area contributed by atoms with E-state index < -0.39 is 0 Å². The Labute approximate surface area is 110 Å². The summed E-state index contributed by atoms with van der Waals surface area (Å²) in [5, 5.41) is 11.3. The van der Waals surface area contributed by atoms with E-state index in [9.17, 15) is 0 Å². The van der Waals surface area contributed by atoms with Crippen molar-refractivity contribution in [2.45, 2.75) is 37.5 Å². The van der Waals surface area contributed by atoms with Crippen LogP contribution in [0.4, 0.5) is 0 Å². The zero-order valence-electron chi connectivity index (χ0n) is 10.6. The molecule has 0 bridgehead atoms. The van der Waals surface area contributed by atoms with Crippen LogP contribution in [-0.2, 0) is 17.6 Å². The van der Waals surface area contributed by atoms with Crippen LogP contribution >= 0.6 is 0 Å². The third-order valence-corrected chi connectivity index (χ3v) is 4.12. The zero-order chi connectivity index (χ0) is 12.7. The van der Waals surface area contributed by atoms with Crippen molar-refractivity contribution >= 4 is 0 Å². The third kappa shape index (κ3) is 1.96.